The molecule has 3 N–H and O–H groups in total. The van der Waals surface area contributed by atoms with E-state index in [0.29, 0.717) is 25.7 Å². The minimum absolute atomic E-state index is 0.0848. The number of rotatable bonds is 66. The second-order valence-electron chi connectivity index (χ2n) is 25.2. The highest BCUT2D eigenvalue weighted by Crippen LogP contribution is 2.45. The van der Waals surface area contributed by atoms with Crippen molar-refractivity contribution >= 4 is 39.5 Å². The Labute approximate surface area is 535 Å². The number of aliphatic hydroxyl groups is 1. The van der Waals surface area contributed by atoms with Gasteiger partial charge in [0.1, 0.15) is 19.3 Å². The van der Waals surface area contributed by atoms with E-state index >= 15 is 0 Å². The standard InChI is InChI=1S/C69H130O17P2/c1-7-9-11-13-15-16-17-18-19-20-25-28-35-41-47-53-68(73)85-65(58-80-67(72)52-46-40-34-27-24-22-21-23-26-32-37-43-49-61(3)4)60-84-88(77,78)82-56-63(70)55-81-87(75,76)83-59-64(57-79-66(71)51-45-39-31-14-12-10-8-2)86-69(74)54-48-42-36-30-29-33-38-44-50-62(5)6/h16-19,61-65,70H,7-15,20-60H2,1-6H3,(H,75,76)(H,77,78)/b17-16-,19-18-/t63-,64+,65+/m0/s1. The van der Waals surface area contributed by atoms with Gasteiger partial charge in [-0.1, -0.05) is 271 Å². The molecular weight excluding hydrogens is 1160 g/mol. The SMILES string of the molecule is CCCCCC/C=C\C=C/CCCCCCCC(=O)O[C@H](COC(=O)CCCCCCCCCCCCCCC(C)C)COP(=O)(O)OC[C@@H](O)COP(=O)(O)OC[C@@H](COC(=O)CCCCCCCCC)OC(=O)CCCCCCCCCCC(C)C. The van der Waals surface area contributed by atoms with Gasteiger partial charge in [0.05, 0.1) is 26.4 Å². The normalized spacial score (nSPS) is 14.4. The Balaban J connectivity index is 5.25. The number of hydrogen-bond donors (Lipinski definition) is 3. The van der Waals surface area contributed by atoms with E-state index in [2.05, 4.69) is 65.8 Å². The summed E-state index contributed by atoms with van der Waals surface area (Å²) in [6, 6.07) is 0. The largest absolute Gasteiger partial charge is 0.472 e. The summed E-state index contributed by atoms with van der Waals surface area (Å²) in [5.41, 5.74) is 0. The molecule has 17 nitrogen and oxygen atoms in total. The number of aliphatic hydroxyl groups excluding tert-OH is 1. The Hall–Kier alpha value is -2.46. The minimum atomic E-state index is -4.96. The van der Waals surface area contributed by atoms with E-state index in [1.54, 1.807) is 0 Å². The summed E-state index contributed by atoms with van der Waals surface area (Å²) >= 11 is 0. The maximum absolute atomic E-state index is 13.0. The number of esters is 4. The van der Waals surface area contributed by atoms with Crippen molar-refractivity contribution in [2.45, 2.75) is 342 Å². The molecule has 0 aliphatic rings. The first kappa shape index (κ1) is 85.5. The maximum Gasteiger partial charge on any atom is 0.472 e. The highest BCUT2D eigenvalue weighted by molar-refractivity contribution is 7.47. The quantitative estimate of drug-likeness (QED) is 0.0169. The van der Waals surface area contributed by atoms with E-state index in [1.807, 2.05) is 0 Å². The molecule has 0 aromatic rings. The van der Waals surface area contributed by atoms with Gasteiger partial charge in [-0.05, 0) is 63.2 Å². The van der Waals surface area contributed by atoms with Crippen molar-refractivity contribution in [2.24, 2.45) is 11.8 Å². The fraction of sp³-hybridized carbons (Fsp3) is 0.884. The highest BCUT2D eigenvalue weighted by Gasteiger charge is 2.30. The Morgan fingerprint density at radius 2 is 0.614 bits per heavy atom. The molecule has 0 saturated heterocycles. The van der Waals surface area contributed by atoms with Gasteiger partial charge in [-0.2, -0.15) is 0 Å². The lowest BCUT2D eigenvalue weighted by molar-refractivity contribution is -0.161. The number of ether oxygens (including phenoxy) is 4. The van der Waals surface area contributed by atoms with Crippen LogP contribution in [0.1, 0.15) is 324 Å². The van der Waals surface area contributed by atoms with Gasteiger partial charge in [0, 0.05) is 25.7 Å². The van der Waals surface area contributed by atoms with Crippen molar-refractivity contribution in [3.8, 4) is 0 Å². The molecule has 0 heterocycles. The molecule has 88 heavy (non-hydrogen) atoms. The van der Waals surface area contributed by atoms with Gasteiger partial charge in [-0.3, -0.25) is 37.3 Å². The van der Waals surface area contributed by atoms with Crippen LogP contribution in [0.4, 0.5) is 0 Å². The van der Waals surface area contributed by atoms with Crippen LogP contribution < -0.4 is 0 Å². The van der Waals surface area contributed by atoms with E-state index in [1.165, 1.54) is 116 Å². The van der Waals surface area contributed by atoms with Crippen LogP contribution in [-0.2, 0) is 65.4 Å². The second kappa shape index (κ2) is 60.8. The highest BCUT2D eigenvalue weighted by atomic mass is 31.2. The van der Waals surface area contributed by atoms with E-state index in [0.717, 1.165) is 127 Å². The number of carbonyl (C=O) groups is 4. The molecule has 19 heteroatoms. The number of unbranched alkanes of at least 4 members (excludes halogenated alkanes) is 33. The lowest BCUT2D eigenvalue weighted by Crippen LogP contribution is -2.30. The fourth-order valence-corrected chi connectivity index (χ4v) is 11.5. The maximum atomic E-state index is 13.0. The van der Waals surface area contributed by atoms with E-state index in [-0.39, 0.29) is 25.7 Å². The van der Waals surface area contributed by atoms with Gasteiger partial charge in [-0.15, -0.1) is 0 Å². The summed E-state index contributed by atoms with van der Waals surface area (Å²) in [6.45, 7) is 9.40. The van der Waals surface area contributed by atoms with Crippen molar-refractivity contribution in [1.29, 1.82) is 0 Å². The zero-order valence-corrected chi connectivity index (χ0v) is 58.3. The van der Waals surface area contributed by atoms with Gasteiger partial charge in [0.2, 0.25) is 0 Å². The zero-order chi connectivity index (χ0) is 65.0. The third kappa shape index (κ3) is 62.4. The summed E-state index contributed by atoms with van der Waals surface area (Å²) in [4.78, 5) is 72.3. The Kier molecular flexibility index (Phi) is 59.1. The van der Waals surface area contributed by atoms with Gasteiger partial charge < -0.3 is 33.8 Å². The first-order valence-electron chi connectivity index (χ1n) is 35.3. The van der Waals surface area contributed by atoms with Crippen molar-refractivity contribution in [3.05, 3.63) is 24.3 Å². The fourth-order valence-electron chi connectivity index (χ4n) is 9.87. The number of phosphoric ester groups is 2. The summed E-state index contributed by atoms with van der Waals surface area (Å²) < 4.78 is 68.1. The van der Waals surface area contributed by atoms with Crippen molar-refractivity contribution < 1.29 is 80.2 Å². The van der Waals surface area contributed by atoms with Crippen LogP contribution in [0.3, 0.4) is 0 Å². The van der Waals surface area contributed by atoms with Gasteiger partial charge in [-0.25, -0.2) is 9.13 Å². The molecule has 0 bridgehead atoms. The Morgan fingerprint density at radius 1 is 0.352 bits per heavy atom. The minimum Gasteiger partial charge on any atom is -0.462 e. The van der Waals surface area contributed by atoms with Crippen molar-refractivity contribution in [2.75, 3.05) is 39.6 Å². The molecule has 0 saturated carbocycles. The summed E-state index contributed by atoms with van der Waals surface area (Å²) in [6.07, 6.45) is 48.2. The van der Waals surface area contributed by atoms with E-state index in [4.69, 9.17) is 37.0 Å². The average molecular weight is 1290 g/mol. The number of carbonyl (C=O) groups excluding carboxylic acids is 4. The number of phosphoric acid groups is 2. The topological polar surface area (TPSA) is 237 Å². The predicted molar refractivity (Wildman–Crippen MR) is 354 cm³/mol. The molecule has 0 aliphatic heterocycles. The third-order valence-corrected chi connectivity index (χ3v) is 17.2. The smallest absolute Gasteiger partial charge is 0.462 e. The Morgan fingerprint density at radius 3 is 0.932 bits per heavy atom. The molecule has 0 amide bonds. The molecule has 0 spiro atoms. The van der Waals surface area contributed by atoms with Crippen LogP contribution in [0.5, 0.6) is 0 Å². The molecule has 0 rings (SSSR count). The predicted octanol–water partition coefficient (Wildman–Crippen LogP) is 19.2. The summed E-state index contributed by atoms with van der Waals surface area (Å²) in [5.74, 6) is -0.666. The summed E-state index contributed by atoms with van der Waals surface area (Å²) in [5, 5.41) is 10.6. The molecule has 0 fully saturated rings. The molecule has 0 radical (unpaired) electrons. The number of hydrogen-bond acceptors (Lipinski definition) is 15. The third-order valence-electron chi connectivity index (χ3n) is 15.3. The number of allylic oxidation sites excluding steroid dienone is 4. The van der Waals surface area contributed by atoms with Crippen LogP contribution in [0.15, 0.2) is 24.3 Å². The van der Waals surface area contributed by atoms with Gasteiger partial charge in [0.15, 0.2) is 12.2 Å². The second-order valence-corrected chi connectivity index (χ2v) is 28.1. The molecule has 2 unspecified atom stereocenters. The first-order chi connectivity index (χ1) is 42.4. The monoisotopic (exact) mass is 1290 g/mol. The zero-order valence-electron chi connectivity index (χ0n) is 56.5. The van der Waals surface area contributed by atoms with Crippen LogP contribution in [0.25, 0.3) is 0 Å². The van der Waals surface area contributed by atoms with Crippen molar-refractivity contribution in [1.82, 2.24) is 0 Å². The van der Waals surface area contributed by atoms with Crippen LogP contribution in [0, 0.1) is 11.8 Å². The molecule has 5 atom stereocenters. The molecular formula is C69H130O17P2. The van der Waals surface area contributed by atoms with Crippen molar-refractivity contribution in [3.63, 3.8) is 0 Å². The molecule has 0 aromatic heterocycles. The van der Waals surface area contributed by atoms with Crippen LogP contribution >= 0.6 is 15.6 Å². The van der Waals surface area contributed by atoms with Crippen LogP contribution in [-0.4, -0.2) is 96.7 Å². The lowest BCUT2D eigenvalue weighted by atomic mass is 10.0. The average Bonchev–Trinajstić information content (AvgIpc) is 3.63. The first-order valence-corrected chi connectivity index (χ1v) is 38.3. The van der Waals surface area contributed by atoms with E-state index < -0.39 is 97.5 Å². The van der Waals surface area contributed by atoms with E-state index in [9.17, 15) is 43.2 Å². The summed E-state index contributed by atoms with van der Waals surface area (Å²) in [7, 11) is -9.91. The Bertz CT molecular complexity index is 1810. The molecule has 0 aromatic carbocycles. The lowest BCUT2D eigenvalue weighted by Gasteiger charge is -2.21. The molecule has 0 aliphatic carbocycles. The molecule has 518 valence electrons. The van der Waals surface area contributed by atoms with Gasteiger partial charge in [0.25, 0.3) is 0 Å². The van der Waals surface area contributed by atoms with Crippen LogP contribution in [0.2, 0.25) is 0 Å². The van der Waals surface area contributed by atoms with Gasteiger partial charge >= 0.3 is 39.5 Å².